The van der Waals surface area contributed by atoms with Gasteiger partial charge in [0.25, 0.3) is 0 Å². The van der Waals surface area contributed by atoms with E-state index < -0.39 is 0 Å². The normalized spacial score (nSPS) is 23.0. The van der Waals surface area contributed by atoms with Gasteiger partial charge >= 0.3 is 0 Å². The smallest absolute Gasteiger partial charge is 0.224 e. The zero-order valence-electron chi connectivity index (χ0n) is 13.0. The third-order valence-corrected chi connectivity index (χ3v) is 4.47. The maximum Gasteiger partial charge on any atom is 0.224 e. The van der Waals surface area contributed by atoms with Gasteiger partial charge in [0.2, 0.25) is 5.91 Å². The summed E-state index contributed by atoms with van der Waals surface area (Å²) in [5.74, 6) is 0.896. The van der Waals surface area contributed by atoms with Crippen molar-refractivity contribution < 1.29 is 4.79 Å². The molecular formula is C17H27ClN2O. The third-order valence-electron chi connectivity index (χ3n) is 4.47. The first kappa shape index (κ1) is 18.0. The minimum Gasteiger partial charge on any atom is -0.343 e. The van der Waals surface area contributed by atoms with Crippen molar-refractivity contribution in [2.45, 2.75) is 51.1 Å². The van der Waals surface area contributed by atoms with E-state index in [-0.39, 0.29) is 24.4 Å². The number of hydrogen-bond acceptors (Lipinski definition) is 2. The van der Waals surface area contributed by atoms with Crippen LogP contribution in [0, 0.1) is 5.92 Å². The number of nitrogens with zero attached hydrogens (tertiary/aromatic N) is 1. The molecule has 1 fully saturated rings. The van der Waals surface area contributed by atoms with Crippen LogP contribution in [0.15, 0.2) is 30.3 Å². The van der Waals surface area contributed by atoms with Gasteiger partial charge in [-0.3, -0.25) is 4.79 Å². The van der Waals surface area contributed by atoms with Crippen LogP contribution in [0.2, 0.25) is 0 Å². The molecule has 3 unspecified atom stereocenters. The molecule has 1 aromatic carbocycles. The molecule has 1 saturated carbocycles. The highest BCUT2D eigenvalue weighted by molar-refractivity contribution is 5.85. The van der Waals surface area contributed by atoms with E-state index in [9.17, 15) is 4.79 Å². The van der Waals surface area contributed by atoms with Crippen molar-refractivity contribution in [1.82, 2.24) is 4.90 Å². The van der Waals surface area contributed by atoms with Gasteiger partial charge in [-0.1, -0.05) is 50.1 Å². The summed E-state index contributed by atoms with van der Waals surface area (Å²) < 4.78 is 0. The molecule has 0 aliphatic heterocycles. The summed E-state index contributed by atoms with van der Waals surface area (Å²) in [6.07, 6.45) is 5.18. The third kappa shape index (κ3) is 5.01. The van der Waals surface area contributed by atoms with Gasteiger partial charge in [0.1, 0.15) is 0 Å². The van der Waals surface area contributed by atoms with Crippen LogP contribution in [0.25, 0.3) is 0 Å². The minimum absolute atomic E-state index is 0. The molecule has 0 radical (unpaired) electrons. The van der Waals surface area contributed by atoms with Gasteiger partial charge in [0, 0.05) is 25.6 Å². The Kier molecular flexibility index (Phi) is 7.20. The summed E-state index contributed by atoms with van der Waals surface area (Å²) in [6, 6.07) is 10.1. The Morgan fingerprint density at radius 2 is 2.00 bits per heavy atom. The minimum atomic E-state index is -0.202. The van der Waals surface area contributed by atoms with Crippen LogP contribution >= 0.6 is 12.4 Å². The summed E-state index contributed by atoms with van der Waals surface area (Å²) >= 11 is 0. The molecule has 3 atom stereocenters. The van der Waals surface area contributed by atoms with E-state index in [1.807, 2.05) is 42.3 Å². The Hall–Kier alpha value is -1.06. The number of nitrogens with two attached hydrogens (primary N) is 1. The van der Waals surface area contributed by atoms with Gasteiger partial charge in [-0.25, -0.2) is 0 Å². The molecule has 3 nitrogen and oxygen atoms in total. The van der Waals surface area contributed by atoms with Crippen LogP contribution in [-0.4, -0.2) is 23.9 Å². The van der Waals surface area contributed by atoms with E-state index in [4.69, 9.17) is 5.73 Å². The highest BCUT2D eigenvalue weighted by Crippen LogP contribution is 2.27. The van der Waals surface area contributed by atoms with Crippen LogP contribution in [0.1, 0.15) is 50.6 Å². The predicted molar refractivity (Wildman–Crippen MR) is 89.4 cm³/mol. The van der Waals surface area contributed by atoms with E-state index in [2.05, 4.69) is 6.92 Å². The largest absolute Gasteiger partial charge is 0.343 e. The summed E-state index contributed by atoms with van der Waals surface area (Å²) in [6.45, 7) is 2.28. The molecule has 2 N–H and O–H groups in total. The van der Waals surface area contributed by atoms with E-state index >= 15 is 0 Å². The van der Waals surface area contributed by atoms with Gasteiger partial charge in [-0.05, 0) is 24.3 Å². The van der Waals surface area contributed by atoms with Crippen LogP contribution < -0.4 is 5.73 Å². The van der Waals surface area contributed by atoms with Crippen molar-refractivity contribution in [3.05, 3.63) is 35.9 Å². The highest BCUT2D eigenvalue weighted by Gasteiger charge is 2.26. The average molecular weight is 311 g/mol. The van der Waals surface area contributed by atoms with Crippen molar-refractivity contribution in [1.29, 1.82) is 0 Å². The molecule has 0 spiro atoms. The lowest BCUT2D eigenvalue weighted by Crippen LogP contribution is -2.40. The molecule has 4 heteroatoms. The molecule has 2 rings (SSSR count). The monoisotopic (exact) mass is 310 g/mol. The van der Waals surface area contributed by atoms with E-state index in [1.54, 1.807) is 0 Å². The van der Waals surface area contributed by atoms with Gasteiger partial charge in [0.05, 0.1) is 0 Å². The first-order valence-electron chi connectivity index (χ1n) is 7.64. The SMILES string of the molecule is CC1CCCC(N(C)C(=O)CC(N)c2ccccc2)C1.Cl. The molecule has 21 heavy (non-hydrogen) atoms. The Bertz CT molecular complexity index is 438. The zero-order chi connectivity index (χ0) is 14.5. The lowest BCUT2D eigenvalue weighted by atomic mass is 9.86. The molecule has 118 valence electrons. The molecule has 1 aromatic rings. The quantitative estimate of drug-likeness (QED) is 0.924. The second-order valence-electron chi connectivity index (χ2n) is 6.15. The van der Waals surface area contributed by atoms with Gasteiger partial charge in [-0.15, -0.1) is 12.4 Å². The number of halogens is 1. The topological polar surface area (TPSA) is 46.3 Å². The van der Waals surface area contributed by atoms with E-state index in [0.717, 1.165) is 24.3 Å². The first-order chi connectivity index (χ1) is 9.58. The standard InChI is InChI=1S/C17H26N2O.ClH/c1-13-7-6-10-15(11-13)19(2)17(20)12-16(18)14-8-4-3-5-9-14;/h3-5,8-9,13,15-16H,6-7,10-12,18H2,1-2H3;1H. The maximum atomic E-state index is 12.4. The van der Waals surface area contributed by atoms with Gasteiger partial charge in [0.15, 0.2) is 0 Å². The van der Waals surface area contributed by atoms with Crippen LogP contribution in [0.4, 0.5) is 0 Å². The Balaban J connectivity index is 0.00000220. The second-order valence-corrected chi connectivity index (χ2v) is 6.15. The predicted octanol–water partition coefficient (Wildman–Crippen LogP) is 3.54. The summed E-state index contributed by atoms with van der Waals surface area (Å²) in [5, 5.41) is 0. The van der Waals surface area contributed by atoms with Crippen molar-refractivity contribution in [2.75, 3.05) is 7.05 Å². The van der Waals surface area contributed by atoms with Crippen molar-refractivity contribution in [3.8, 4) is 0 Å². The molecule has 0 saturated heterocycles. The summed E-state index contributed by atoms with van der Waals surface area (Å²) in [7, 11) is 1.93. The van der Waals surface area contributed by atoms with Crippen molar-refractivity contribution in [3.63, 3.8) is 0 Å². The second kappa shape index (κ2) is 8.40. The zero-order valence-corrected chi connectivity index (χ0v) is 13.8. The lowest BCUT2D eigenvalue weighted by molar-refractivity contribution is -0.133. The highest BCUT2D eigenvalue weighted by atomic mass is 35.5. The molecule has 0 bridgehead atoms. The van der Waals surface area contributed by atoms with Gasteiger partial charge in [-0.2, -0.15) is 0 Å². The average Bonchev–Trinajstić information content (AvgIpc) is 2.47. The summed E-state index contributed by atoms with van der Waals surface area (Å²) in [5.41, 5.74) is 7.18. The fourth-order valence-electron chi connectivity index (χ4n) is 3.11. The molecule has 1 amide bonds. The molecule has 0 heterocycles. The van der Waals surface area contributed by atoms with Crippen LogP contribution in [0.5, 0.6) is 0 Å². The Morgan fingerprint density at radius 1 is 1.33 bits per heavy atom. The number of carbonyl (C=O) groups excluding carboxylic acids is 1. The number of rotatable bonds is 4. The van der Waals surface area contributed by atoms with Crippen molar-refractivity contribution in [2.24, 2.45) is 11.7 Å². The molecule has 0 aromatic heterocycles. The summed E-state index contributed by atoms with van der Waals surface area (Å²) in [4.78, 5) is 14.3. The van der Waals surface area contributed by atoms with E-state index in [1.165, 1.54) is 12.8 Å². The van der Waals surface area contributed by atoms with E-state index in [0.29, 0.717) is 12.5 Å². The number of amides is 1. The van der Waals surface area contributed by atoms with Gasteiger partial charge < -0.3 is 10.6 Å². The first-order valence-corrected chi connectivity index (χ1v) is 7.64. The molecular weight excluding hydrogens is 284 g/mol. The fraction of sp³-hybridized carbons (Fsp3) is 0.588. The Morgan fingerprint density at radius 3 is 2.62 bits per heavy atom. The van der Waals surface area contributed by atoms with Crippen molar-refractivity contribution >= 4 is 18.3 Å². The maximum absolute atomic E-state index is 12.4. The van der Waals surface area contributed by atoms with Crippen LogP contribution in [-0.2, 0) is 4.79 Å². The number of benzene rings is 1. The lowest BCUT2D eigenvalue weighted by Gasteiger charge is -2.34. The molecule has 1 aliphatic carbocycles. The fourth-order valence-corrected chi connectivity index (χ4v) is 3.11. The van der Waals surface area contributed by atoms with Crippen LogP contribution in [0.3, 0.4) is 0 Å². The Labute approximate surface area is 134 Å². The number of carbonyl (C=O) groups is 1. The molecule has 1 aliphatic rings. The number of hydrogen-bond donors (Lipinski definition) is 1.